The molecule has 2 rings (SSSR count). The fraction of sp³-hybridized carbons (Fsp3) is 0.263. The maximum absolute atomic E-state index is 12.6. The molecule has 4 heteroatoms. The van der Waals surface area contributed by atoms with Gasteiger partial charge in [-0.3, -0.25) is 9.59 Å². The summed E-state index contributed by atoms with van der Waals surface area (Å²) in [5.41, 5.74) is 2.70. The highest BCUT2D eigenvalue weighted by Crippen LogP contribution is 2.20. The third-order valence-corrected chi connectivity index (χ3v) is 3.65. The van der Waals surface area contributed by atoms with Crippen LogP contribution < -0.4 is 0 Å². The first-order valence-corrected chi connectivity index (χ1v) is 7.56. The normalized spacial score (nSPS) is 10.4. The minimum atomic E-state index is -0.423. The van der Waals surface area contributed by atoms with Gasteiger partial charge in [0.25, 0.3) is 5.91 Å². The molecule has 0 aliphatic carbocycles. The van der Waals surface area contributed by atoms with Gasteiger partial charge < -0.3 is 9.64 Å². The number of carbonyl (C=O) groups excluding carboxylic acids is 2. The Balaban J connectivity index is 2.20. The first-order chi connectivity index (χ1) is 11.0. The van der Waals surface area contributed by atoms with Crippen molar-refractivity contribution < 1.29 is 14.3 Å². The molecule has 0 aliphatic heterocycles. The van der Waals surface area contributed by atoms with Crippen LogP contribution in [-0.2, 0) is 9.53 Å². The summed E-state index contributed by atoms with van der Waals surface area (Å²) in [6, 6.07) is 17.3. The van der Waals surface area contributed by atoms with E-state index in [9.17, 15) is 9.59 Å². The summed E-state index contributed by atoms with van der Waals surface area (Å²) in [5.74, 6) is -0.599. The minimum absolute atomic E-state index is 0.0482. The fourth-order valence-electron chi connectivity index (χ4n) is 2.29. The van der Waals surface area contributed by atoms with Gasteiger partial charge in [-0.1, -0.05) is 42.5 Å². The van der Waals surface area contributed by atoms with Gasteiger partial charge in [0.1, 0.15) is 6.54 Å². The predicted octanol–water partition coefficient (Wildman–Crippen LogP) is 3.38. The molecule has 0 unspecified atom stereocenters. The van der Waals surface area contributed by atoms with E-state index in [0.717, 1.165) is 11.1 Å². The number of nitrogens with zero attached hydrogens (tertiary/aromatic N) is 1. The molecule has 23 heavy (non-hydrogen) atoms. The van der Waals surface area contributed by atoms with Gasteiger partial charge in [-0.05, 0) is 37.1 Å². The topological polar surface area (TPSA) is 46.6 Å². The number of methoxy groups -OCH3 is 1. The van der Waals surface area contributed by atoms with Crippen molar-refractivity contribution in [2.75, 3.05) is 13.7 Å². The standard InChI is InChI=1S/C19H21NO3/c1-14(2)20(13-18(21)23-3)19(22)17-11-9-16(10-12-17)15-7-5-4-6-8-15/h4-12,14H,13H2,1-3H3. The third-order valence-electron chi connectivity index (χ3n) is 3.65. The Kier molecular flexibility index (Phi) is 5.52. The zero-order chi connectivity index (χ0) is 16.8. The molecule has 0 aliphatic rings. The SMILES string of the molecule is COC(=O)CN(C(=O)c1ccc(-c2ccccc2)cc1)C(C)C. The Morgan fingerprint density at radius 3 is 2.04 bits per heavy atom. The van der Waals surface area contributed by atoms with Crippen molar-refractivity contribution in [2.24, 2.45) is 0 Å². The van der Waals surface area contributed by atoms with Crippen LogP contribution in [0.5, 0.6) is 0 Å². The van der Waals surface area contributed by atoms with E-state index < -0.39 is 5.97 Å². The summed E-state index contributed by atoms with van der Waals surface area (Å²) in [5, 5.41) is 0. The van der Waals surface area contributed by atoms with E-state index in [4.69, 9.17) is 0 Å². The lowest BCUT2D eigenvalue weighted by molar-refractivity contribution is -0.141. The van der Waals surface area contributed by atoms with Crippen molar-refractivity contribution in [1.82, 2.24) is 4.90 Å². The summed E-state index contributed by atoms with van der Waals surface area (Å²) in [4.78, 5) is 25.6. The lowest BCUT2D eigenvalue weighted by Gasteiger charge is -2.25. The van der Waals surface area contributed by atoms with E-state index in [-0.39, 0.29) is 18.5 Å². The largest absolute Gasteiger partial charge is 0.468 e. The first-order valence-electron chi connectivity index (χ1n) is 7.56. The molecule has 0 saturated carbocycles. The van der Waals surface area contributed by atoms with Gasteiger partial charge >= 0.3 is 5.97 Å². The van der Waals surface area contributed by atoms with Gasteiger partial charge in [-0.15, -0.1) is 0 Å². The molecule has 0 atom stereocenters. The average Bonchev–Trinajstić information content (AvgIpc) is 2.59. The van der Waals surface area contributed by atoms with Crippen LogP contribution in [-0.4, -0.2) is 36.5 Å². The molecule has 1 amide bonds. The average molecular weight is 311 g/mol. The van der Waals surface area contributed by atoms with Crippen LogP contribution in [0.2, 0.25) is 0 Å². The number of carbonyl (C=O) groups is 2. The monoisotopic (exact) mass is 311 g/mol. The van der Waals surface area contributed by atoms with Crippen LogP contribution >= 0.6 is 0 Å². The number of hydrogen-bond donors (Lipinski definition) is 0. The van der Waals surface area contributed by atoms with Crippen LogP contribution in [0.1, 0.15) is 24.2 Å². The Morgan fingerprint density at radius 1 is 0.957 bits per heavy atom. The number of benzene rings is 2. The van der Waals surface area contributed by atoms with Gasteiger partial charge in [-0.2, -0.15) is 0 Å². The van der Waals surface area contributed by atoms with Crippen molar-refractivity contribution in [3.05, 3.63) is 60.2 Å². The van der Waals surface area contributed by atoms with Crippen LogP contribution in [0.3, 0.4) is 0 Å². The van der Waals surface area contributed by atoms with Crippen molar-refractivity contribution in [3.63, 3.8) is 0 Å². The molecule has 0 aromatic heterocycles. The molecule has 2 aromatic rings. The van der Waals surface area contributed by atoms with Gasteiger partial charge in [0.05, 0.1) is 7.11 Å². The van der Waals surface area contributed by atoms with Crippen molar-refractivity contribution >= 4 is 11.9 Å². The zero-order valence-electron chi connectivity index (χ0n) is 13.7. The van der Waals surface area contributed by atoms with E-state index in [0.29, 0.717) is 5.56 Å². The molecular weight excluding hydrogens is 290 g/mol. The Morgan fingerprint density at radius 2 is 1.52 bits per heavy atom. The molecule has 0 radical (unpaired) electrons. The summed E-state index contributed by atoms with van der Waals surface area (Å²) in [7, 11) is 1.32. The Hall–Kier alpha value is -2.62. The second-order valence-electron chi connectivity index (χ2n) is 5.55. The van der Waals surface area contributed by atoms with E-state index in [1.54, 1.807) is 12.1 Å². The van der Waals surface area contributed by atoms with E-state index in [2.05, 4.69) is 4.74 Å². The zero-order valence-corrected chi connectivity index (χ0v) is 13.7. The van der Waals surface area contributed by atoms with Gasteiger partial charge in [-0.25, -0.2) is 0 Å². The molecular formula is C19H21NO3. The van der Waals surface area contributed by atoms with Crippen molar-refractivity contribution in [2.45, 2.75) is 19.9 Å². The number of amides is 1. The highest BCUT2D eigenvalue weighted by molar-refractivity contribution is 5.96. The second kappa shape index (κ2) is 7.58. The van der Waals surface area contributed by atoms with Crippen LogP contribution in [0, 0.1) is 0 Å². The highest BCUT2D eigenvalue weighted by Gasteiger charge is 2.21. The molecule has 2 aromatic carbocycles. The van der Waals surface area contributed by atoms with Gasteiger partial charge in [0, 0.05) is 11.6 Å². The number of ether oxygens (including phenoxy) is 1. The fourth-order valence-corrected chi connectivity index (χ4v) is 2.29. The first kappa shape index (κ1) is 16.7. The number of rotatable bonds is 5. The molecule has 0 fully saturated rings. The summed E-state index contributed by atoms with van der Waals surface area (Å²) in [6.45, 7) is 3.70. The van der Waals surface area contributed by atoms with Crippen LogP contribution in [0.4, 0.5) is 0 Å². The van der Waals surface area contributed by atoms with E-state index >= 15 is 0 Å². The Bertz CT molecular complexity index is 663. The quantitative estimate of drug-likeness (QED) is 0.795. The molecule has 4 nitrogen and oxygen atoms in total. The maximum Gasteiger partial charge on any atom is 0.325 e. The smallest absolute Gasteiger partial charge is 0.325 e. The molecule has 0 spiro atoms. The van der Waals surface area contributed by atoms with Crippen LogP contribution in [0.15, 0.2) is 54.6 Å². The van der Waals surface area contributed by atoms with E-state index in [1.165, 1.54) is 12.0 Å². The maximum atomic E-state index is 12.6. The second-order valence-corrected chi connectivity index (χ2v) is 5.55. The molecule has 120 valence electrons. The summed E-state index contributed by atoms with van der Waals surface area (Å²) in [6.07, 6.45) is 0. The lowest BCUT2D eigenvalue weighted by atomic mass is 10.0. The molecule has 0 heterocycles. The van der Waals surface area contributed by atoms with Crippen LogP contribution in [0.25, 0.3) is 11.1 Å². The number of esters is 1. The highest BCUT2D eigenvalue weighted by atomic mass is 16.5. The lowest BCUT2D eigenvalue weighted by Crippen LogP contribution is -2.41. The Labute approximate surface area is 136 Å². The molecule has 0 N–H and O–H groups in total. The van der Waals surface area contributed by atoms with Crippen molar-refractivity contribution in [1.29, 1.82) is 0 Å². The van der Waals surface area contributed by atoms with Gasteiger partial charge in [0.15, 0.2) is 0 Å². The predicted molar refractivity (Wildman–Crippen MR) is 90.1 cm³/mol. The van der Waals surface area contributed by atoms with Crippen molar-refractivity contribution in [3.8, 4) is 11.1 Å². The molecule has 0 bridgehead atoms. The third kappa shape index (κ3) is 4.19. The van der Waals surface area contributed by atoms with E-state index in [1.807, 2.05) is 56.3 Å². The minimum Gasteiger partial charge on any atom is -0.468 e. The number of hydrogen-bond acceptors (Lipinski definition) is 3. The van der Waals surface area contributed by atoms with Gasteiger partial charge in [0.2, 0.25) is 0 Å². The summed E-state index contributed by atoms with van der Waals surface area (Å²) >= 11 is 0. The summed E-state index contributed by atoms with van der Waals surface area (Å²) < 4.78 is 4.66. The molecule has 0 saturated heterocycles.